The van der Waals surface area contributed by atoms with Crippen LogP contribution < -0.4 is 5.43 Å². The quantitative estimate of drug-likeness (QED) is 0.793. The van der Waals surface area contributed by atoms with Crippen LogP contribution in [-0.2, 0) is 0 Å². The summed E-state index contributed by atoms with van der Waals surface area (Å²) in [4.78, 5) is 6.55. The monoisotopic (exact) mass is 226 g/mol. The highest BCUT2D eigenvalue weighted by Gasteiger charge is 2.13. The van der Waals surface area contributed by atoms with Gasteiger partial charge in [-0.3, -0.25) is 5.43 Å². The van der Waals surface area contributed by atoms with Gasteiger partial charge in [-0.05, 0) is 25.0 Å². The Morgan fingerprint density at radius 1 is 1.53 bits per heavy atom. The van der Waals surface area contributed by atoms with Crippen LogP contribution >= 0.6 is 11.8 Å². The second kappa shape index (κ2) is 5.80. The summed E-state index contributed by atoms with van der Waals surface area (Å²) >= 11 is 1.68. The highest BCUT2D eigenvalue weighted by atomic mass is 32.2. The molecule has 1 heterocycles. The summed E-state index contributed by atoms with van der Waals surface area (Å²) < 4.78 is 0. The number of hydrogen-bond acceptors (Lipinski definition) is 5. The minimum atomic E-state index is 0.0719. The number of hydrazone groups is 1. The van der Waals surface area contributed by atoms with Gasteiger partial charge in [0.25, 0.3) is 0 Å². The van der Waals surface area contributed by atoms with Crippen molar-refractivity contribution in [3.8, 4) is 0 Å². The lowest BCUT2D eigenvalue weighted by atomic mass is 10.2. The first-order valence-corrected chi connectivity index (χ1v) is 5.97. The molecule has 0 fully saturated rings. The van der Waals surface area contributed by atoms with E-state index in [1.807, 2.05) is 32.1 Å². The largest absolute Gasteiger partial charge is 0.384 e. The molecule has 0 aromatic heterocycles. The third-order valence-electron chi connectivity index (χ3n) is 1.86. The maximum atomic E-state index is 4.55. The van der Waals surface area contributed by atoms with Gasteiger partial charge in [-0.15, -0.1) is 0 Å². The van der Waals surface area contributed by atoms with Crippen LogP contribution in [-0.4, -0.2) is 41.7 Å². The van der Waals surface area contributed by atoms with E-state index in [4.69, 9.17) is 0 Å². The van der Waals surface area contributed by atoms with Gasteiger partial charge in [0, 0.05) is 14.1 Å². The lowest BCUT2D eigenvalue weighted by molar-refractivity contribution is 0.561. The van der Waals surface area contributed by atoms with Crippen molar-refractivity contribution in [3.05, 3.63) is 12.3 Å². The van der Waals surface area contributed by atoms with Crippen LogP contribution in [0.2, 0.25) is 0 Å². The number of rotatable bonds is 3. The van der Waals surface area contributed by atoms with Gasteiger partial charge in [0.1, 0.15) is 6.04 Å². The molecule has 1 aliphatic heterocycles. The van der Waals surface area contributed by atoms with Crippen molar-refractivity contribution in [2.75, 3.05) is 19.8 Å². The molecule has 0 saturated carbocycles. The van der Waals surface area contributed by atoms with Crippen molar-refractivity contribution in [2.45, 2.75) is 19.9 Å². The Labute approximate surface area is 95.5 Å². The molecule has 1 N–H and O–H groups in total. The van der Waals surface area contributed by atoms with Crippen LogP contribution in [0.4, 0.5) is 0 Å². The van der Waals surface area contributed by atoms with Crippen molar-refractivity contribution in [1.82, 2.24) is 10.3 Å². The number of nitrogens with one attached hydrogen (secondary N) is 1. The summed E-state index contributed by atoms with van der Waals surface area (Å²) in [5.41, 5.74) is 3.93. The summed E-state index contributed by atoms with van der Waals surface area (Å²) in [6.45, 7) is 4.08. The molecule has 84 valence electrons. The Morgan fingerprint density at radius 3 is 2.87 bits per heavy atom. The summed E-state index contributed by atoms with van der Waals surface area (Å²) in [7, 11) is 3.99. The standard InChI is InChI=1S/C10H18N4S/c1-5-15-10-11-9(6-7-14(3)4)8(2)12-13-10/h6-7,9H,5H2,1-4H3,(H,11,13)/b7-6+. The van der Waals surface area contributed by atoms with Gasteiger partial charge in [-0.2, -0.15) is 5.10 Å². The topological polar surface area (TPSA) is 40.0 Å². The van der Waals surface area contributed by atoms with Gasteiger partial charge < -0.3 is 4.90 Å². The van der Waals surface area contributed by atoms with E-state index in [1.54, 1.807) is 11.8 Å². The molecule has 0 saturated heterocycles. The minimum Gasteiger partial charge on any atom is -0.384 e. The lowest BCUT2D eigenvalue weighted by Crippen LogP contribution is -2.29. The van der Waals surface area contributed by atoms with Gasteiger partial charge in [-0.1, -0.05) is 18.7 Å². The molecule has 1 atom stereocenters. The molecule has 0 amide bonds. The predicted molar refractivity (Wildman–Crippen MR) is 68.4 cm³/mol. The van der Waals surface area contributed by atoms with Crippen molar-refractivity contribution >= 4 is 22.6 Å². The third-order valence-corrected chi connectivity index (χ3v) is 2.62. The zero-order valence-electron chi connectivity index (χ0n) is 9.69. The van der Waals surface area contributed by atoms with Gasteiger partial charge in [0.2, 0.25) is 0 Å². The first-order valence-electron chi connectivity index (χ1n) is 4.99. The number of aliphatic imine (C=N–C) groups is 1. The molecule has 0 radical (unpaired) electrons. The maximum Gasteiger partial charge on any atom is 0.178 e. The van der Waals surface area contributed by atoms with E-state index >= 15 is 0 Å². The Morgan fingerprint density at radius 2 is 2.27 bits per heavy atom. The van der Waals surface area contributed by atoms with E-state index in [2.05, 4.69) is 28.5 Å². The summed E-state index contributed by atoms with van der Waals surface area (Å²) in [6.07, 6.45) is 4.06. The fourth-order valence-corrected chi connectivity index (χ4v) is 1.66. The Kier molecular flexibility index (Phi) is 4.68. The molecule has 15 heavy (non-hydrogen) atoms. The van der Waals surface area contributed by atoms with Crippen LogP contribution in [0, 0.1) is 0 Å². The molecule has 1 aliphatic rings. The molecule has 1 unspecified atom stereocenters. The molecule has 5 heteroatoms. The van der Waals surface area contributed by atoms with Crippen LogP contribution in [0.15, 0.2) is 22.4 Å². The van der Waals surface area contributed by atoms with Crippen LogP contribution in [0.1, 0.15) is 13.8 Å². The van der Waals surface area contributed by atoms with Gasteiger partial charge in [-0.25, -0.2) is 4.99 Å². The number of thioether (sulfide) groups is 1. The van der Waals surface area contributed by atoms with Crippen LogP contribution in [0.25, 0.3) is 0 Å². The van der Waals surface area contributed by atoms with Crippen molar-refractivity contribution < 1.29 is 0 Å². The third kappa shape index (κ3) is 3.95. The SMILES string of the molecule is CCSC1=NC(/C=C/N(C)C)C(C)=NN1. The second-order valence-corrected chi connectivity index (χ2v) is 4.73. The molecule has 1 rings (SSSR count). The fraction of sp³-hybridized carbons (Fsp3) is 0.600. The van der Waals surface area contributed by atoms with Crippen molar-refractivity contribution in [1.29, 1.82) is 0 Å². The first-order chi connectivity index (χ1) is 7.13. The van der Waals surface area contributed by atoms with Gasteiger partial charge in [0.15, 0.2) is 5.17 Å². The normalized spacial score (nSPS) is 20.9. The summed E-state index contributed by atoms with van der Waals surface area (Å²) in [5, 5.41) is 5.13. The average Bonchev–Trinajstić information content (AvgIpc) is 2.19. The van der Waals surface area contributed by atoms with E-state index < -0.39 is 0 Å². The Hall–Kier alpha value is -0.970. The van der Waals surface area contributed by atoms with Crippen molar-refractivity contribution in [3.63, 3.8) is 0 Å². The Balaban J connectivity index is 2.67. The molecule has 0 bridgehead atoms. The highest BCUT2D eigenvalue weighted by Crippen LogP contribution is 2.09. The van der Waals surface area contributed by atoms with E-state index in [0.29, 0.717) is 0 Å². The molecule has 0 spiro atoms. The fourth-order valence-electron chi connectivity index (χ4n) is 1.09. The molecule has 0 aromatic carbocycles. The second-order valence-electron chi connectivity index (χ2n) is 3.48. The molecular weight excluding hydrogens is 208 g/mol. The van der Waals surface area contributed by atoms with E-state index in [0.717, 1.165) is 16.6 Å². The predicted octanol–water partition coefficient (Wildman–Crippen LogP) is 1.52. The molecule has 4 nitrogen and oxygen atoms in total. The van der Waals surface area contributed by atoms with E-state index in [1.165, 1.54) is 0 Å². The van der Waals surface area contributed by atoms with E-state index in [-0.39, 0.29) is 6.04 Å². The van der Waals surface area contributed by atoms with E-state index in [9.17, 15) is 0 Å². The number of hydrogen-bond donors (Lipinski definition) is 1. The zero-order chi connectivity index (χ0) is 11.3. The maximum absolute atomic E-state index is 4.55. The highest BCUT2D eigenvalue weighted by molar-refractivity contribution is 8.13. The Bertz CT molecular complexity index is 294. The zero-order valence-corrected chi connectivity index (χ0v) is 10.5. The number of amidine groups is 1. The average molecular weight is 226 g/mol. The smallest absolute Gasteiger partial charge is 0.178 e. The molecule has 0 aliphatic carbocycles. The minimum absolute atomic E-state index is 0.0719. The summed E-state index contributed by atoms with van der Waals surface area (Å²) in [5.74, 6) is 1.00. The van der Waals surface area contributed by atoms with Crippen LogP contribution in [0.5, 0.6) is 0 Å². The van der Waals surface area contributed by atoms with Gasteiger partial charge >= 0.3 is 0 Å². The summed E-state index contributed by atoms with van der Waals surface area (Å²) in [6, 6.07) is 0.0719. The van der Waals surface area contributed by atoms with Crippen LogP contribution in [0.3, 0.4) is 0 Å². The number of nitrogens with zero attached hydrogens (tertiary/aromatic N) is 3. The lowest BCUT2D eigenvalue weighted by Gasteiger charge is -2.17. The molecule has 0 aromatic rings. The first kappa shape index (κ1) is 12.1. The van der Waals surface area contributed by atoms with Gasteiger partial charge in [0.05, 0.1) is 5.71 Å². The molecular formula is C10H18N4S. The van der Waals surface area contributed by atoms with Crippen molar-refractivity contribution in [2.24, 2.45) is 10.1 Å².